The fraction of sp³-hybridized carbons (Fsp3) is 0.357. The fourth-order valence-corrected chi connectivity index (χ4v) is 3.46. The van der Waals surface area contributed by atoms with Crippen LogP contribution in [0.25, 0.3) is 0 Å². The van der Waals surface area contributed by atoms with Crippen molar-refractivity contribution in [1.82, 2.24) is 0 Å². The number of carbonyl (C=O) groups is 1. The monoisotopic (exact) mass is 276 g/mol. The number of hydrogen-bond donors (Lipinski definition) is 0. The molecule has 0 spiro atoms. The van der Waals surface area contributed by atoms with Crippen LogP contribution in [0.5, 0.6) is 0 Å². The standard InChI is InChI=1S/C14H13BrO/c15-12-5-3-9(4-6-12)14-11-2-1-10(7-11)13(14)8-16/h1-6,8,10-11,13-14H,7H2/t10-,11+,13+,14+/m1/s1. The van der Waals surface area contributed by atoms with E-state index in [1.165, 1.54) is 5.56 Å². The SMILES string of the molecule is O=C[C@@H]1[C@@H](c2ccc(Br)cc2)[C@H]2C=C[C@@H]1C2. The molecule has 0 aliphatic heterocycles. The first-order valence-corrected chi connectivity index (χ1v) is 6.48. The lowest BCUT2D eigenvalue weighted by Crippen LogP contribution is -2.18. The van der Waals surface area contributed by atoms with Crippen LogP contribution < -0.4 is 0 Å². The molecule has 0 saturated heterocycles. The van der Waals surface area contributed by atoms with Gasteiger partial charge in [-0.05, 0) is 36.0 Å². The molecule has 2 heteroatoms. The smallest absolute Gasteiger partial charge is 0.124 e. The van der Waals surface area contributed by atoms with Crippen LogP contribution in [-0.4, -0.2) is 6.29 Å². The van der Waals surface area contributed by atoms with Crippen molar-refractivity contribution in [3.63, 3.8) is 0 Å². The van der Waals surface area contributed by atoms with Crippen molar-refractivity contribution in [3.8, 4) is 0 Å². The van der Waals surface area contributed by atoms with Gasteiger partial charge in [0.05, 0.1) is 0 Å². The van der Waals surface area contributed by atoms with Gasteiger partial charge in [0.25, 0.3) is 0 Å². The van der Waals surface area contributed by atoms with Gasteiger partial charge in [-0.25, -0.2) is 0 Å². The molecule has 4 atom stereocenters. The van der Waals surface area contributed by atoms with E-state index >= 15 is 0 Å². The molecule has 1 fully saturated rings. The summed E-state index contributed by atoms with van der Waals surface area (Å²) in [5.41, 5.74) is 1.30. The molecule has 82 valence electrons. The van der Waals surface area contributed by atoms with Gasteiger partial charge in [0.2, 0.25) is 0 Å². The number of benzene rings is 1. The van der Waals surface area contributed by atoms with E-state index in [-0.39, 0.29) is 5.92 Å². The highest BCUT2D eigenvalue weighted by atomic mass is 79.9. The summed E-state index contributed by atoms with van der Waals surface area (Å²) in [4.78, 5) is 11.2. The molecule has 0 aromatic heterocycles. The zero-order chi connectivity index (χ0) is 11.1. The number of aldehydes is 1. The Kier molecular flexibility index (Phi) is 2.47. The molecule has 16 heavy (non-hydrogen) atoms. The predicted molar refractivity (Wildman–Crippen MR) is 67.2 cm³/mol. The number of carbonyl (C=O) groups excluding carboxylic acids is 1. The van der Waals surface area contributed by atoms with Gasteiger partial charge in [0.1, 0.15) is 6.29 Å². The lowest BCUT2D eigenvalue weighted by atomic mass is 9.79. The largest absolute Gasteiger partial charge is 0.303 e. The van der Waals surface area contributed by atoms with Crippen LogP contribution in [0.4, 0.5) is 0 Å². The number of rotatable bonds is 2. The highest BCUT2D eigenvalue weighted by molar-refractivity contribution is 9.10. The van der Waals surface area contributed by atoms with Crippen LogP contribution in [0, 0.1) is 17.8 Å². The molecule has 2 aliphatic carbocycles. The normalized spacial score (nSPS) is 35.6. The van der Waals surface area contributed by atoms with Crippen molar-refractivity contribution < 1.29 is 4.79 Å². The van der Waals surface area contributed by atoms with E-state index in [1.807, 2.05) is 0 Å². The summed E-state index contributed by atoms with van der Waals surface area (Å²) in [6.45, 7) is 0. The minimum atomic E-state index is 0.191. The van der Waals surface area contributed by atoms with Crippen molar-refractivity contribution in [3.05, 3.63) is 46.5 Å². The zero-order valence-corrected chi connectivity index (χ0v) is 10.4. The molecule has 1 saturated carbocycles. The highest BCUT2D eigenvalue weighted by Gasteiger charge is 2.44. The van der Waals surface area contributed by atoms with Crippen molar-refractivity contribution in [2.24, 2.45) is 17.8 Å². The van der Waals surface area contributed by atoms with Gasteiger partial charge in [-0.1, -0.05) is 40.2 Å². The Morgan fingerprint density at radius 1 is 1.12 bits per heavy atom. The van der Waals surface area contributed by atoms with E-state index in [0.717, 1.165) is 17.2 Å². The summed E-state index contributed by atoms with van der Waals surface area (Å²) in [6.07, 6.45) is 6.82. The van der Waals surface area contributed by atoms with Crippen LogP contribution in [-0.2, 0) is 4.79 Å². The molecule has 0 unspecified atom stereocenters. The molecular weight excluding hydrogens is 264 g/mol. The van der Waals surface area contributed by atoms with Crippen LogP contribution in [0.3, 0.4) is 0 Å². The third kappa shape index (κ3) is 1.47. The molecule has 1 aromatic rings. The minimum Gasteiger partial charge on any atom is -0.303 e. The molecule has 1 aromatic carbocycles. The van der Waals surface area contributed by atoms with Crippen molar-refractivity contribution in [2.45, 2.75) is 12.3 Å². The number of halogens is 1. The van der Waals surface area contributed by atoms with Gasteiger partial charge in [-0.2, -0.15) is 0 Å². The maximum Gasteiger partial charge on any atom is 0.124 e. The van der Waals surface area contributed by atoms with Crippen molar-refractivity contribution in [1.29, 1.82) is 0 Å². The van der Waals surface area contributed by atoms with E-state index in [0.29, 0.717) is 17.8 Å². The second-order valence-electron chi connectivity index (χ2n) is 4.74. The summed E-state index contributed by atoms with van der Waals surface area (Å²) in [7, 11) is 0. The van der Waals surface area contributed by atoms with Gasteiger partial charge in [-0.3, -0.25) is 0 Å². The van der Waals surface area contributed by atoms with Crippen molar-refractivity contribution in [2.75, 3.05) is 0 Å². The average molecular weight is 277 g/mol. The van der Waals surface area contributed by atoms with Crippen LogP contribution in [0.15, 0.2) is 40.9 Å². The highest BCUT2D eigenvalue weighted by Crippen LogP contribution is 2.52. The Morgan fingerprint density at radius 3 is 2.50 bits per heavy atom. The lowest BCUT2D eigenvalue weighted by molar-refractivity contribution is -0.112. The maximum absolute atomic E-state index is 11.2. The summed E-state index contributed by atoms with van der Waals surface area (Å²) in [6, 6.07) is 8.40. The summed E-state index contributed by atoms with van der Waals surface area (Å²) in [5, 5.41) is 0. The first-order valence-electron chi connectivity index (χ1n) is 5.68. The summed E-state index contributed by atoms with van der Waals surface area (Å²) >= 11 is 3.44. The zero-order valence-electron chi connectivity index (χ0n) is 8.84. The Morgan fingerprint density at radius 2 is 1.81 bits per heavy atom. The Bertz CT molecular complexity index is 435. The Labute approximate surface area is 104 Å². The minimum absolute atomic E-state index is 0.191. The first-order chi connectivity index (χ1) is 7.79. The Balaban J connectivity index is 1.97. The second kappa shape index (κ2) is 3.85. The molecule has 2 bridgehead atoms. The maximum atomic E-state index is 11.2. The van der Waals surface area contributed by atoms with E-state index in [9.17, 15) is 4.79 Å². The lowest BCUT2D eigenvalue weighted by Gasteiger charge is -2.24. The van der Waals surface area contributed by atoms with Gasteiger partial charge in [0, 0.05) is 16.3 Å². The molecule has 0 N–H and O–H groups in total. The van der Waals surface area contributed by atoms with E-state index in [4.69, 9.17) is 0 Å². The average Bonchev–Trinajstić information content (AvgIpc) is 2.89. The number of allylic oxidation sites excluding steroid dienone is 2. The van der Waals surface area contributed by atoms with Gasteiger partial charge < -0.3 is 4.79 Å². The fourth-order valence-electron chi connectivity index (χ4n) is 3.20. The topological polar surface area (TPSA) is 17.1 Å². The number of hydrogen-bond acceptors (Lipinski definition) is 1. The van der Waals surface area contributed by atoms with Crippen LogP contribution in [0.1, 0.15) is 17.9 Å². The Hall–Kier alpha value is -0.890. The number of fused-ring (bicyclic) bond motifs is 2. The first kappa shape index (κ1) is 10.3. The van der Waals surface area contributed by atoms with E-state index in [1.54, 1.807) is 0 Å². The molecule has 0 radical (unpaired) electrons. The molecule has 1 nitrogen and oxygen atoms in total. The third-order valence-electron chi connectivity index (χ3n) is 3.93. The van der Waals surface area contributed by atoms with Gasteiger partial charge >= 0.3 is 0 Å². The van der Waals surface area contributed by atoms with Gasteiger partial charge in [-0.15, -0.1) is 0 Å². The summed E-state index contributed by atoms with van der Waals surface area (Å²) in [5.74, 6) is 1.65. The predicted octanol–water partition coefficient (Wildman–Crippen LogP) is 3.55. The van der Waals surface area contributed by atoms with Gasteiger partial charge in [0.15, 0.2) is 0 Å². The van der Waals surface area contributed by atoms with E-state index in [2.05, 4.69) is 52.3 Å². The third-order valence-corrected chi connectivity index (χ3v) is 4.46. The molecular formula is C14H13BrO. The molecule has 0 heterocycles. The quantitative estimate of drug-likeness (QED) is 0.596. The van der Waals surface area contributed by atoms with Crippen LogP contribution in [0.2, 0.25) is 0 Å². The van der Waals surface area contributed by atoms with Crippen molar-refractivity contribution >= 4 is 22.2 Å². The van der Waals surface area contributed by atoms with Crippen LogP contribution >= 0.6 is 15.9 Å². The molecule has 0 amide bonds. The molecule has 3 rings (SSSR count). The summed E-state index contributed by atoms with van der Waals surface area (Å²) < 4.78 is 1.10. The second-order valence-corrected chi connectivity index (χ2v) is 5.65. The van der Waals surface area contributed by atoms with E-state index < -0.39 is 0 Å². The molecule has 2 aliphatic rings.